The molecule has 4 heteroatoms. The minimum absolute atomic E-state index is 0.821. The summed E-state index contributed by atoms with van der Waals surface area (Å²) in [5.41, 5.74) is 2.26. The standard InChI is InChI=1S/C12H15N3S/c1-4-9-8(2)11(13-3)15-12(14-9)10-6-5-7-16-10/h5-7H,4H2,1-3H3,(H,13,14,15). The van der Waals surface area contributed by atoms with E-state index in [-0.39, 0.29) is 0 Å². The molecule has 2 aromatic rings. The molecule has 0 aliphatic heterocycles. The molecule has 0 bridgehead atoms. The van der Waals surface area contributed by atoms with Crippen molar-refractivity contribution in [3.8, 4) is 10.7 Å². The first kappa shape index (κ1) is 11.1. The average Bonchev–Trinajstić information content (AvgIpc) is 2.83. The Bertz CT molecular complexity index is 452. The first-order valence-corrected chi connectivity index (χ1v) is 6.23. The van der Waals surface area contributed by atoms with E-state index in [9.17, 15) is 0 Å². The SMILES string of the molecule is CCc1nc(-c2cccs2)nc(NC)c1C. The third-order valence-electron chi connectivity index (χ3n) is 2.56. The van der Waals surface area contributed by atoms with Crippen molar-refractivity contribution in [2.45, 2.75) is 20.3 Å². The lowest BCUT2D eigenvalue weighted by Gasteiger charge is -2.10. The molecule has 2 aromatic heterocycles. The van der Waals surface area contributed by atoms with Crippen LogP contribution in [0, 0.1) is 6.92 Å². The number of aryl methyl sites for hydroxylation is 1. The van der Waals surface area contributed by atoms with Crippen LogP contribution in [0.15, 0.2) is 17.5 Å². The maximum atomic E-state index is 4.60. The Hall–Kier alpha value is -1.42. The largest absolute Gasteiger partial charge is 0.373 e. The van der Waals surface area contributed by atoms with Crippen molar-refractivity contribution in [3.05, 3.63) is 28.8 Å². The van der Waals surface area contributed by atoms with Crippen LogP contribution in [0.2, 0.25) is 0 Å². The first-order chi connectivity index (χ1) is 7.76. The Balaban J connectivity index is 2.56. The predicted molar refractivity (Wildman–Crippen MR) is 69.0 cm³/mol. The number of hydrogen-bond donors (Lipinski definition) is 1. The summed E-state index contributed by atoms with van der Waals surface area (Å²) in [5.74, 6) is 1.75. The normalized spacial score (nSPS) is 10.4. The number of nitrogens with zero attached hydrogens (tertiary/aromatic N) is 2. The van der Waals surface area contributed by atoms with E-state index in [2.05, 4.69) is 29.1 Å². The van der Waals surface area contributed by atoms with Gasteiger partial charge in [-0.2, -0.15) is 0 Å². The van der Waals surface area contributed by atoms with Gasteiger partial charge in [0.25, 0.3) is 0 Å². The smallest absolute Gasteiger partial charge is 0.171 e. The molecule has 0 aliphatic rings. The summed E-state index contributed by atoms with van der Waals surface area (Å²) >= 11 is 1.67. The Kier molecular flexibility index (Phi) is 3.19. The molecule has 3 nitrogen and oxygen atoms in total. The van der Waals surface area contributed by atoms with Crippen molar-refractivity contribution in [2.24, 2.45) is 0 Å². The van der Waals surface area contributed by atoms with Gasteiger partial charge in [-0.15, -0.1) is 11.3 Å². The highest BCUT2D eigenvalue weighted by Gasteiger charge is 2.10. The molecule has 0 saturated carbocycles. The van der Waals surface area contributed by atoms with Crippen LogP contribution in [-0.4, -0.2) is 17.0 Å². The summed E-state index contributed by atoms with van der Waals surface area (Å²) in [4.78, 5) is 10.2. The lowest BCUT2D eigenvalue weighted by Crippen LogP contribution is -2.04. The summed E-state index contributed by atoms with van der Waals surface area (Å²) in [6.45, 7) is 4.18. The van der Waals surface area contributed by atoms with Crippen LogP contribution in [0.3, 0.4) is 0 Å². The summed E-state index contributed by atoms with van der Waals surface area (Å²) in [6, 6.07) is 4.07. The fourth-order valence-corrected chi connectivity index (χ4v) is 2.32. The van der Waals surface area contributed by atoms with Crippen LogP contribution in [0.25, 0.3) is 10.7 Å². The van der Waals surface area contributed by atoms with Crippen LogP contribution in [-0.2, 0) is 6.42 Å². The second kappa shape index (κ2) is 4.61. The molecule has 16 heavy (non-hydrogen) atoms. The molecule has 0 radical (unpaired) electrons. The van der Waals surface area contributed by atoms with Gasteiger partial charge in [0.15, 0.2) is 5.82 Å². The first-order valence-electron chi connectivity index (χ1n) is 5.35. The third kappa shape index (κ3) is 1.93. The molecule has 0 saturated heterocycles. The van der Waals surface area contributed by atoms with E-state index in [0.29, 0.717) is 0 Å². The lowest BCUT2D eigenvalue weighted by molar-refractivity contribution is 0.980. The van der Waals surface area contributed by atoms with E-state index in [1.165, 1.54) is 0 Å². The summed E-state index contributed by atoms with van der Waals surface area (Å²) in [6.07, 6.45) is 0.932. The Morgan fingerprint density at radius 3 is 2.75 bits per heavy atom. The monoisotopic (exact) mass is 233 g/mol. The van der Waals surface area contributed by atoms with Gasteiger partial charge in [0.05, 0.1) is 4.88 Å². The molecule has 0 unspecified atom stereocenters. The van der Waals surface area contributed by atoms with Gasteiger partial charge in [0.1, 0.15) is 5.82 Å². The van der Waals surface area contributed by atoms with Gasteiger partial charge in [-0.3, -0.25) is 0 Å². The second-order valence-corrected chi connectivity index (χ2v) is 4.50. The highest BCUT2D eigenvalue weighted by Crippen LogP contribution is 2.25. The fraction of sp³-hybridized carbons (Fsp3) is 0.333. The van der Waals surface area contributed by atoms with Gasteiger partial charge in [0, 0.05) is 18.3 Å². The van der Waals surface area contributed by atoms with Crippen molar-refractivity contribution in [3.63, 3.8) is 0 Å². The van der Waals surface area contributed by atoms with Gasteiger partial charge in [-0.1, -0.05) is 13.0 Å². The fourth-order valence-electron chi connectivity index (χ4n) is 1.67. The predicted octanol–water partition coefficient (Wildman–Crippen LogP) is 3.12. The van der Waals surface area contributed by atoms with E-state index >= 15 is 0 Å². The van der Waals surface area contributed by atoms with Gasteiger partial charge in [0.2, 0.25) is 0 Å². The zero-order chi connectivity index (χ0) is 11.5. The maximum Gasteiger partial charge on any atom is 0.171 e. The summed E-state index contributed by atoms with van der Waals surface area (Å²) in [7, 11) is 1.90. The Morgan fingerprint density at radius 2 is 2.19 bits per heavy atom. The minimum Gasteiger partial charge on any atom is -0.373 e. The molecule has 0 aromatic carbocycles. The van der Waals surface area contributed by atoms with Crippen LogP contribution in [0.1, 0.15) is 18.2 Å². The average molecular weight is 233 g/mol. The van der Waals surface area contributed by atoms with Gasteiger partial charge in [-0.25, -0.2) is 9.97 Å². The summed E-state index contributed by atoms with van der Waals surface area (Å²) in [5, 5.41) is 5.17. The van der Waals surface area contributed by atoms with Gasteiger partial charge in [-0.05, 0) is 24.8 Å². The number of rotatable bonds is 3. The highest BCUT2D eigenvalue weighted by molar-refractivity contribution is 7.13. The van der Waals surface area contributed by atoms with E-state index in [1.54, 1.807) is 11.3 Å². The number of anilines is 1. The zero-order valence-corrected chi connectivity index (χ0v) is 10.6. The zero-order valence-electron chi connectivity index (χ0n) is 9.74. The van der Waals surface area contributed by atoms with Gasteiger partial charge < -0.3 is 5.32 Å². The van der Waals surface area contributed by atoms with Crippen LogP contribution in [0.4, 0.5) is 5.82 Å². The van der Waals surface area contributed by atoms with E-state index in [4.69, 9.17) is 0 Å². The molecule has 0 fully saturated rings. The van der Waals surface area contributed by atoms with Crippen molar-refractivity contribution >= 4 is 17.2 Å². The molecule has 0 atom stereocenters. The minimum atomic E-state index is 0.821. The van der Waals surface area contributed by atoms with E-state index in [0.717, 1.165) is 34.2 Å². The van der Waals surface area contributed by atoms with Crippen molar-refractivity contribution in [2.75, 3.05) is 12.4 Å². The molecular formula is C12H15N3S. The maximum absolute atomic E-state index is 4.60. The topological polar surface area (TPSA) is 37.8 Å². The molecule has 2 rings (SSSR count). The summed E-state index contributed by atoms with van der Waals surface area (Å²) < 4.78 is 0. The number of nitrogens with one attached hydrogen (secondary N) is 1. The van der Waals surface area contributed by atoms with E-state index < -0.39 is 0 Å². The quantitative estimate of drug-likeness (QED) is 0.885. The molecule has 84 valence electrons. The van der Waals surface area contributed by atoms with Crippen molar-refractivity contribution in [1.82, 2.24) is 9.97 Å². The second-order valence-electron chi connectivity index (χ2n) is 3.55. The lowest BCUT2D eigenvalue weighted by atomic mass is 10.2. The molecule has 0 spiro atoms. The molecule has 1 N–H and O–H groups in total. The molecular weight excluding hydrogens is 218 g/mol. The Labute approximate surface area is 99.6 Å². The molecule has 0 amide bonds. The number of thiophene rings is 1. The number of hydrogen-bond acceptors (Lipinski definition) is 4. The van der Waals surface area contributed by atoms with Crippen molar-refractivity contribution in [1.29, 1.82) is 0 Å². The third-order valence-corrected chi connectivity index (χ3v) is 3.43. The van der Waals surface area contributed by atoms with Crippen LogP contribution < -0.4 is 5.32 Å². The van der Waals surface area contributed by atoms with Crippen LogP contribution >= 0.6 is 11.3 Å². The van der Waals surface area contributed by atoms with Gasteiger partial charge >= 0.3 is 0 Å². The highest BCUT2D eigenvalue weighted by atomic mass is 32.1. The Morgan fingerprint density at radius 1 is 1.38 bits per heavy atom. The van der Waals surface area contributed by atoms with Crippen molar-refractivity contribution < 1.29 is 0 Å². The molecule has 2 heterocycles. The number of aromatic nitrogens is 2. The van der Waals surface area contributed by atoms with Crippen LogP contribution in [0.5, 0.6) is 0 Å². The molecule has 0 aliphatic carbocycles. The van der Waals surface area contributed by atoms with E-state index in [1.807, 2.05) is 24.6 Å².